The van der Waals surface area contributed by atoms with Crippen LogP contribution in [0.25, 0.3) is 0 Å². The van der Waals surface area contributed by atoms with E-state index in [4.69, 9.17) is 15.0 Å². The van der Waals surface area contributed by atoms with Gasteiger partial charge in [0.2, 0.25) is 0 Å². The third kappa shape index (κ3) is 43.0. The Labute approximate surface area is 126 Å². The molecule has 0 aliphatic heterocycles. The smallest absolute Gasteiger partial charge is 0.550 e. The van der Waals surface area contributed by atoms with E-state index in [1.54, 1.807) is 0 Å². The van der Waals surface area contributed by atoms with Gasteiger partial charge in [-0.25, -0.2) is 0 Å². The summed E-state index contributed by atoms with van der Waals surface area (Å²) in [5.74, 6) is -2.52. The van der Waals surface area contributed by atoms with Gasteiger partial charge in [-0.3, -0.25) is 0 Å². The van der Waals surface area contributed by atoms with Crippen molar-refractivity contribution >= 4 is 60.8 Å². The number of aliphatic hydroxyl groups excluding tert-OH is 1. The molecule has 7 heteroatoms. The zero-order valence-electron chi connectivity index (χ0n) is 6.67. The Balaban J connectivity index is -0.0000000483. The monoisotopic (exact) mass is 393 g/mol. The number of carbonyl (C=O) groups excluding carboxylic acids is 2. The molecule has 0 aliphatic rings. The molecule has 0 saturated heterocycles. The van der Waals surface area contributed by atoms with E-state index in [-0.39, 0.29) is 71.3 Å². The fourth-order valence-corrected chi connectivity index (χ4v) is 0. The summed E-state index contributed by atoms with van der Waals surface area (Å²) in [6.45, 7) is 2.11. The van der Waals surface area contributed by atoms with E-state index in [2.05, 4.69) is 0 Å². The van der Waals surface area contributed by atoms with Crippen LogP contribution in [0.5, 0.6) is 0 Å². The van der Waals surface area contributed by atoms with Gasteiger partial charge >= 0.3 is 71.3 Å². The van der Waals surface area contributed by atoms with E-state index >= 15 is 0 Å². The van der Waals surface area contributed by atoms with Gasteiger partial charge in [-0.05, 0) is 13.8 Å². The van der Waals surface area contributed by atoms with Crippen LogP contribution in [-0.4, -0.2) is 72.0 Å². The second-order valence-electron chi connectivity index (χ2n) is 1.49. The molecule has 5 nitrogen and oxygen atoms in total. The molecule has 0 aromatic rings. The molecule has 0 aliphatic carbocycles. The zero-order valence-corrected chi connectivity index (χ0v) is 12.6. The number of rotatable bonds is 1. The van der Waals surface area contributed by atoms with Gasteiger partial charge in [0.25, 0.3) is 0 Å². The largest absolute Gasteiger partial charge is 2.00 e. The minimum atomic E-state index is -1.44. The quantitative estimate of drug-likeness (QED) is 0.466. The Morgan fingerprint density at radius 3 is 1.42 bits per heavy atom. The second kappa shape index (κ2) is 14.7. The predicted octanol–water partition coefficient (Wildman–Crippen LogP) is -3.51. The van der Waals surface area contributed by atoms with Crippen molar-refractivity contribution in [2.75, 3.05) is 0 Å². The maximum Gasteiger partial charge on any atom is 2.00 e. The average Bonchev–Trinajstić information content (AvgIpc) is 1.63. The molecule has 0 bridgehead atoms. The number of carboxylic acids is 2. The minimum absolute atomic E-state index is 0. The van der Waals surface area contributed by atoms with Crippen LogP contribution in [0.15, 0.2) is 0 Å². The summed E-state index contributed by atoms with van der Waals surface area (Å²) in [4.78, 5) is 18.2. The van der Waals surface area contributed by atoms with Gasteiger partial charge in [-0.15, -0.1) is 0 Å². The van der Waals surface area contributed by atoms with Crippen LogP contribution >= 0.6 is 0 Å². The van der Waals surface area contributed by atoms with Gasteiger partial charge in [0.1, 0.15) is 0 Å². The molecule has 1 N–H and O–H groups in total. The Morgan fingerprint density at radius 1 is 1.33 bits per heavy atom. The van der Waals surface area contributed by atoms with E-state index in [1.807, 2.05) is 0 Å². The first kappa shape index (κ1) is 23.2. The van der Waals surface area contributed by atoms with Crippen molar-refractivity contribution in [3.05, 3.63) is 0 Å². The molecule has 0 saturated carbocycles. The van der Waals surface area contributed by atoms with Gasteiger partial charge in [0, 0.05) is 5.97 Å². The van der Waals surface area contributed by atoms with Crippen LogP contribution in [0.4, 0.5) is 0 Å². The number of aliphatic hydroxyl groups is 1. The van der Waals surface area contributed by atoms with E-state index in [1.165, 1.54) is 0 Å². The normalized spacial score (nSPS) is 8.92. The first-order valence-electron chi connectivity index (χ1n) is 2.44. The van der Waals surface area contributed by atoms with E-state index in [0.717, 1.165) is 13.8 Å². The minimum Gasteiger partial charge on any atom is -0.550 e. The van der Waals surface area contributed by atoms with Crippen molar-refractivity contribution in [2.24, 2.45) is 0 Å². The van der Waals surface area contributed by atoms with Crippen LogP contribution in [0.2, 0.25) is 0 Å². The number of hydrogen-bond donors (Lipinski definition) is 1. The molecular weight excluding hydrogens is 385 g/mol. The standard InChI is InChI=1S/C3H6O3.C2H4O2.Ag.Ba/c1-2(4)3(5)6;1-2(3)4;;/h2,4H,1H3,(H,5,6);1H3,(H,3,4);;/q;;+1;+2/p-2. The summed E-state index contributed by atoms with van der Waals surface area (Å²) < 4.78 is 0. The average molecular weight is 393 g/mol. The first-order valence-corrected chi connectivity index (χ1v) is 2.44. The Kier molecular flexibility index (Phi) is 28.5. The molecule has 0 aromatic heterocycles. The second-order valence-corrected chi connectivity index (χ2v) is 1.49. The molecular formula is C5H8AgBaO5+. The fraction of sp³-hybridized carbons (Fsp3) is 0.600. The van der Waals surface area contributed by atoms with Crippen LogP contribution in [0.3, 0.4) is 0 Å². The van der Waals surface area contributed by atoms with Crippen molar-refractivity contribution in [1.82, 2.24) is 0 Å². The number of aliphatic carboxylic acids is 2. The van der Waals surface area contributed by atoms with Crippen molar-refractivity contribution in [3.63, 3.8) is 0 Å². The van der Waals surface area contributed by atoms with Gasteiger partial charge in [-0.2, -0.15) is 0 Å². The van der Waals surface area contributed by atoms with Crippen molar-refractivity contribution in [2.45, 2.75) is 20.0 Å². The van der Waals surface area contributed by atoms with Crippen LogP contribution in [-0.2, 0) is 32.0 Å². The zero-order chi connectivity index (χ0) is 8.73. The predicted molar refractivity (Wildman–Crippen MR) is 33.1 cm³/mol. The SMILES string of the molecule is CC(=O)[O-].CC(O)C(=O)[O-].[Ag+].[Ba+2]. The summed E-state index contributed by atoms with van der Waals surface area (Å²) >= 11 is 0. The third-order valence-electron chi connectivity index (χ3n) is 0.341. The van der Waals surface area contributed by atoms with Crippen molar-refractivity contribution in [3.8, 4) is 0 Å². The molecule has 0 fully saturated rings. The third-order valence-corrected chi connectivity index (χ3v) is 0.341. The molecule has 12 heavy (non-hydrogen) atoms. The number of hydrogen-bond acceptors (Lipinski definition) is 5. The topological polar surface area (TPSA) is 100 Å². The van der Waals surface area contributed by atoms with Crippen molar-refractivity contribution < 1.29 is 47.3 Å². The molecule has 70 valence electrons. The summed E-state index contributed by atoms with van der Waals surface area (Å²) in [5.41, 5.74) is 0. The maximum absolute atomic E-state index is 9.34. The first-order chi connectivity index (χ1) is 4.37. The van der Waals surface area contributed by atoms with Gasteiger partial charge in [-0.1, -0.05) is 0 Å². The molecule has 0 radical (unpaired) electrons. The number of carbonyl (C=O) groups is 2. The van der Waals surface area contributed by atoms with Crippen LogP contribution in [0.1, 0.15) is 13.8 Å². The fourth-order valence-electron chi connectivity index (χ4n) is 0. The summed E-state index contributed by atoms with van der Waals surface area (Å²) in [5, 5.41) is 26.2. The van der Waals surface area contributed by atoms with Gasteiger partial charge < -0.3 is 24.9 Å². The molecule has 0 rings (SSSR count). The summed E-state index contributed by atoms with van der Waals surface area (Å²) in [6, 6.07) is 0. The molecule has 0 spiro atoms. The van der Waals surface area contributed by atoms with E-state index in [0.29, 0.717) is 0 Å². The van der Waals surface area contributed by atoms with Gasteiger partial charge in [0.05, 0.1) is 12.1 Å². The molecule has 1 unspecified atom stereocenters. The van der Waals surface area contributed by atoms with E-state index < -0.39 is 18.0 Å². The number of carboxylic acid groups (broad SMARTS) is 2. The molecule has 0 heterocycles. The van der Waals surface area contributed by atoms with E-state index in [9.17, 15) is 9.90 Å². The molecule has 1 atom stereocenters. The summed E-state index contributed by atoms with van der Waals surface area (Å²) in [6.07, 6.45) is -1.34. The Morgan fingerprint density at radius 2 is 1.42 bits per heavy atom. The van der Waals surface area contributed by atoms with Crippen LogP contribution < -0.4 is 10.2 Å². The Bertz CT molecular complexity index is 123. The van der Waals surface area contributed by atoms with Gasteiger partial charge in [0.15, 0.2) is 0 Å². The van der Waals surface area contributed by atoms with Crippen molar-refractivity contribution in [1.29, 1.82) is 0 Å². The van der Waals surface area contributed by atoms with Crippen LogP contribution in [0, 0.1) is 0 Å². The maximum atomic E-state index is 9.34. The molecule has 0 aromatic carbocycles. The molecule has 0 amide bonds. The summed E-state index contributed by atoms with van der Waals surface area (Å²) in [7, 11) is 0. The Hall–Kier alpha value is 1.21.